The van der Waals surface area contributed by atoms with Crippen molar-refractivity contribution < 1.29 is 19.7 Å². The van der Waals surface area contributed by atoms with Crippen molar-refractivity contribution in [2.24, 2.45) is 0 Å². The summed E-state index contributed by atoms with van der Waals surface area (Å²) in [7, 11) is 0. The van der Waals surface area contributed by atoms with Crippen LogP contribution in [-0.2, 0) is 0 Å². The van der Waals surface area contributed by atoms with Crippen molar-refractivity contribution in [2.45, 2.75) is 0 Å². The van der Waals surface area contributed by atoms with Gasteiger partial charge in [0.2, 0.25) is 0 Å². The third kappa shape index (κ3) is 0.894. The van der Waals surface area contributed by atoms with Crippen LogP contribution in [0.5, 0.6) is 11.5 Å². The van der Waals surface area contributed by atoms with Crippen LogP contribution in [0, 0.1) is 0 Å². The maximum atomic E-state index is 8.83. The number of fused-ring (bicyclic) bond motifs is 1. The molecule has 58 valence electrons. The zero-order valence-electron chi connectivity index (χ0n) is 5.27. The predicted octanol–water partition coefficient (Wildman–Crippen LogP) is 1.76. The third-order valence-electron chi connectivity index (χ3n) is 1.19. The van der Waals surface area contributed by atoms with E-state index in [1.807, 2.05) is 0 Å². The van der Waals surface area contributed by atoms with Gasteiger partial charge in [0.05, 0.1) is 0 Å². The van der Waals surface area contributed by atoms with Crippen molar-refractivity contribution in [2.75, 3.05) is 0 Å². The molecule has 0 saturated carbocycles. The molecule has 0 saturated heterocycles. The summed E-state index contributed by atoms with van der Waals surface area (Å²) in [6.45, 7) is 0. The van der Waals surface area contributed by atoms with Crippen LogP contribution in [0.1, 0.15) is 0 Å². The van der Waals surface area contributed by atoms with Crippen LogP contribution in [0.15, 0.2) is 22.7 Å². The molecule has 0 bridgehead atoms. The number of thiophene rings is 1. The van der Waals surface area contributed by atoms with E-state index < -0.39 is 11.9 Å². The van der Waals surface area contributed by atoms with Crippen molar-refractivity contribution in [3.05, 3.63) is 22.7 Å². The lowest BCUT2D eigenvalue weighted by Crippen LogP contribution is -2.09. The molecule has 0 amide bonds. The largest absolute Gasteiger partial charge is 0.476 e. The van der Waals surface area contributed by atoms with Crippen molar-refractivity contribution in [1.29, 1.82) is 0 Å². The second-order valence-corrected chi connectivity index (χ2v) is 2.66. The van der Waals surface area contributed by atoms with Gasteiger partial charge in [0.15, 0.2) is 11.5 Å². The maximum Gasteiger partial charge on any atom is 0.367 e. The zero-order chi connectivity index (χ0) is 7.84. The first kappa shape index (κ1) is 6.36. The van der Waals surface area contributed by atoms with E-state index in [2.05, 4.69) is 0 Å². The molecule has 11 heavy (non-hydrogen) atoms. The molecule has 0 aromatic carbocycles. The standard InChI is InChI=1S/C6H4O4S/c7-5-6(8)10-4-2-11-1-3(4)9-5/h1-2,7-8H. The Morgan fingerprint density at radius 2 is 1.45 bits per heavy atom. The SMILES string of the molecule is OC1=C(O)Oc2cscc2O1. The molecule has 2 N–H and O–H groups in total. The molecular formula is C6H4O4S. The van der Waals surface area contributed by atoms with Crippen LogP contribution in [0.3, 0.4) is 0 Å². The summed E-state index contributed by atoms with van der Waals surface area (Å²) in [4.78, 5) is 0. The van der Waals surface area contributed by atoms with Gasteiger partial charge in [-0.15, -0.1) is 11.3 Å². The fourth-order valence-corrected chi connectivity index (χ4v) is 1.36. The second kappa shape index (κ2) is 2.06. The Kier molecular flexibility index (Phi) is 1.19. The Morgan fingerprint density at radius 1 is 1.00 bits per heavy atom. The number of aliphatic hydroxyl groups is 2. The molecule has 2 heterocycles. The average Bonchev–Trinajstić information content (AvgIpc) is 2.36. The molecule has 0 radical (unpaired) electrons. The Morgan fingerprint density at radius 3 is 1.91 bits per heavy atom. The van der Waals surface area contributed by atoms with Gasteiger partial charge in [-0.1, -0.05) is 0 Å². The Balaban J connectivity index is 2.41. The molecule has 0 unspecified atom stereocenters. The van der Waals surface area contributed by atoms with E-state index in [4.69, 9.17) is 19.7 Å². The third-order valence-corrected chi connectivity index (χ3v) is 1.89. The molecule has 0 aliphatic carbocycles. The molecule has 5 heteroatoms. The number of aliphatic hydroxyl groups excluding tert-OH is 2. The molecule has 0 atom stereocenters. The monoisotopic (exact) mass is 172 g/mol. The van der Waals surface area contributed by atoms with Gasteiger partial charge in [-0.2, -0.15) is 0 Å². The van der Waals surface area contributed by atoms with E-state index in [-0.39, 0.29) is 0 Å². The van der Waals surface area contributed by atoms with Crippen LogP contribution >= 0.6 is 11.3 Å². The van der Waals surface area contributed by atoms with Crippen LogP contribution in [0.25, 0.3) is 0 Å². The van der Waals surface area contributed by atoms with Gasteiger partial charge in [-0.25, -0.2) is 0 Å². The van der Waals surface area contributed by atoms with Gasteiger partial charge in [-0.05, 0) is 0 Å². The summed E-state index contributed by atoms with van der Waals surface area (Å²) in [6, 6.07) is 0. The van der Waals surface area contributed by atoms with Crippen LogP contribution < -0.4 is 9.47 Å². The summed E-state index contributed by atoms with van der Waals surface area (Å²) in [5, 5.41) is 21.0. The average molecular weight is 172 g/mol. The number of hydrogen-bond donors (Lipinski definition) is 2. The van der Waals surface area contributed by atoms with Crippen molar-refractivity contribution in [3.8, 4) is 11.5 Å². The lowest BCUT2D eigenvalue weighted by Gasteiger charge is -2.12. The van der Waals surface area contributed by atoms with E-state index in [0.29, 0.717) is 11.5 Å². The quantitative estimate of drug-likeness (QED) is 0.626. The van der Waals surface area contributed by atoms with E-state index in [0.717, 1.165) is 0 Å². The first-order valence-electron chi connectivity index (χ1n) is 2.81. The minimum atomic E-state index is -0.601. The Labute approximate surface area is 65.9 Å². The highest BCUT2D eigenvalue weighted by molar-refractivity contribution is 7.08. The van der Waals surface area contributed by atoms with E-state index in [1.165, 1.54) is 11.3 Å². The summed E-state index contributed by atoms with van der Waals surface area (Å²) >= 11 is 1.36. The summed E-state index contributed by atoms with van der Waals surface area (Å²) in [6.07, 6.45) is 0. The first-order valence-corrected chi connectivity index (χ1v) is 3.76. The van der Waals surface area contributed by atoms with Gasteiger partial charge >= 0.3 is 11.9 Å². The highest BCUT2D eigenvalue weighted by Gasteiger charge is 2.21. The van der Waals surface area contributed by atoms with Gasteiger partial charge < -0.3 is 19.7 Å². The van der Waals surface area contributed by atoms with Crippen LogP contribution in [0.2, 0.25) is 0 Å². The van der Waals surface area contributed by atoms with E-state index >= 15 is 0 Å². The summed E-state index contributed by atoms with van der Waals surface area (Å²) < 4.78 is 9.51. The van der Waals surface area contributed by atoms with Crippen molar-refractivity contribution in [3.63, 3.8) is 0 Å². The number of rotatable bonds is 0. The van der Waals surface area contributed by atoms with E-state index in [1.54, 1.807) is 10.8 Å². The zero-order valence-corrected chi connectivity index (χ0v) is 6.09. The first-order chi connectivity index (χ1) is 5.27. The highest BCUT2D eigenvalue weighted by Crippen LogP contribution is 2.36. The highest BCUT2D eigenvalue weighted by atomic mass is 32.1. The van der Waals surface area contributed by atoms with Gasteiger partial charge in [0.25, 0.3) is 0 Å². The molecule has 1 aromatic rings. The molecule has 1 aromatic heterocycles. The van der Waals surface area contributed by atoms with E-state index in [9.17, 15) is 0 Å². The Bertz CT molecular complexity index is 286. The fourth-order valence-electron chi connectivity index (χ4n) is 0.718. The smallest absolute Gasteiger partial charge is 0.367 e. The Hall–Kier alpha value is -1.36. The molecule has 0 spiro atoms. The minimum absolute atomic E-state index is 0.422. The molecule has 1 aliphatic heterocycles. The molecule has 1 aliphatic rings. The van der Waals surface area contributed by atoms with Crippen molar-refractivity contribution >= 4 is 11.3 Å². The normalized spacial score (nSPS) is 15.3. The van der Waals surface area contributed by atoms with Crippen LogP contribution in [-0.4, -0.2) is 10.2 Å². The number of hydrogen-bond acceptors (Lipinski definition) is 5. The minimum Gasteiger partial charge on any atom is -0.476 e. The van der Waals surface area contributed by atoms with Crippen LogP contribution in [0.4, 0.5) is 0 Å². The topological polar surface area (TPSA) is 58.9 Å². The molecule has 4 nitrogen and oxygen atoms in total. The fraction of sp³-hybridized carbons (Fsp3) is 0. The molecular weight excluding hydrogens is 168 g/mol. The lowest BCUT2D eigenvalue weighted by atomic mass is 10.5. The van der Waals surface area contributed by atoms with Crippen molar-refractivity contribution in [1.82, 2.24) is 0 Å². The predicted molar refractivity (Wildman–Crippen MR) is 37.9 cm³/mol. The van der Waals surface area contributed by atoms with Gasteiger partial charge in [-0.3, -0.25) is 0 Å². The summed E-state index contributed by atoms with van der Waals surface area (Å²) in [5.41, 5.74) is 0. The summed E-state index contributed by atoms with van der Waals surface area (Å²) in [5.74, 6) is -0.359. The van der Waals surface area contributed by atoms with Gasteiger partial charge in [0, 0.05) is 10.8 Å². The molecule has 0 fully saturated rings. The maximum absolute atomic E-state index is 8.83. The second-order valence-electron chi connectivity index (χ2n) is 1.91. The molecule has 2 rings (SSSR count). The number of ether oxygens (including phenoxy) is 2. The van der Waals surface area contributed by atoms with Gasteiger partial charge in [0.1, 0.15) is 0 Å². The lowest BCUT2D eigenvalue weighted by molar-refractivity contribution is 0.0863.